The van der Waals surface area contributed by atoms with E-state index in [2.05, 4.69) is 23.1 Å². The van der Waals surface area contributed by atoms with Crippen molar-refractivity contribution in [3.63, 3.8) is 0 Å². The number of ether oxygens (including phenoxy) is 1. The molecule has 1 atom stereocenters. The van der Waals surface area contributed by atoms with Crippen molar-refractivity contribution in [2.45, 2.75) is 51.0 Å². The second kappa shape index (κ2) is 14.7. The van der Waals surface area contributed by atoms with Crippen LogP contribution < -0.4 is 4.90 Å². The molecule has 1 fully saturated rings. The molecule has 4 aromatic rings. The van der Waals surface area contributed by atoms with E-state index in [0.717, 1.165) is 66.8 Å². The molecule has 250 valence electrons. The van der Waals surface area contributed by atoms with E-state index in [1.54, 1.807) is 0 Å². The summed E-state index contributed by atoms with van der Waals surface area (Å²) in [7, 11) is 1.88. The third-order valence-electron chi connectivity index (χ3n) is 9.98. The van der Waals surface area contributed by atoms with E-state index in [4.69, 9.17) is 27.9 Å². The molecule has 2 amide bonds. The summed E-state index contributed by atoms with van der Waals surface area (Å²) in [4.78, 5) is 33.0. The van der Waals surface area contributed by atoms with Crippen LogP contribution in [0.3, 0.4) is 0 Å². The number of piperidine rings is 1. The number of para-hydroxylation sites is 1. The molecular formula is C40H43Cl2N3O3. The highest BCUT2D eigenvalue weighted by Crippen LogP contribution is 2.47. The lowest BCUT2D eigenvalue weighted by molar-refractivity contribution is 0.0780. The zero-order chi connectivity index (χ0) is 33.8. The first-order valence-corrected chi connectivity index (χ1v) is 17.5. The predicted octanol–water partition coefficient (Wildman–Crippen LogP) is 9.05. The Bertz CT molecular complexity index is 1750. The Balaban J connectivity index is 1.11. The molecule has 2 aliphatic rings. The molecule has 0 saturated carbocycles. The Morgan fingerprint density at radius 3 is 2.27 bits per heavy atom. The van der Waals surface area contributed by atoms with Gasteiger partial charge >= 0.3 is 6.09 Å². The smallest absolute Gasteiger partial charge is 0.414 e. The minimum atomic E-state index is -0.297. The molecule has 8 heteroatoms. The Kier molecular flexibility index (Phi) is 10.4. The molecule has 2 heterocycles. The van der Waals surface area contributed by atoms with Crippen molar-refractivity contribution in [1.29, 1.82) is 0 Å². The van der Waals surface area contributed by atoms with Gasteiger partial charge in [0.25, 0.3) is 5.91 Å². The fraction of sp³-hybridized carbons (Fsp3) is 0.350. The summed E-state index contributed by atoms with van der Waals surface area (Å²) >= 11 is 12.8. The number of hydrogen-bond acceptors (Lipinski definition) is 4. The van der Waals surface area contributed by atoms with Gasteiger partial charge in [-0.25, -0.2) is 4.79 Å². The van der Waals surface area contributed by atoms with Crippen LogP contribution in [0, 0.1) is 13.8 Å². The van der Waals surface area contributed by atoms with Gasteiger partial charge < -0.3 is 14.5 Å². The zero-order valence-electron chi connectivity index (χ0n) is 27.9. The monoisotopic (exact) mass is 683 g/mol. The molecule has 1 unspecified atom stereocenters. The van der Waals surface area contributed by atoms with Gasteiger partial charge in [-0.2, -0.15) is 0 Å². The molecular weight excluding hydrogens is 641 g/mol. The predicted molar refractivity (Wildman–Crippen MR) is 194 cm³/mol. The minimum Gasteiger partial charge on any atom is -0.444 e. The normalized spacial score (nSPS) is 16.1. The van der Waals surface area contributed by atoms with Crippen molar-refractivity contribution in [2.24, 2.45) is 0 Å². The summed E-state index contributed by atoms with van der Waals surface area (Å²) in [5, 5.41) is 1.05. The highest BCUT2D eigenvalue weighted by molar-refractivity contribution is 6.42. The van der Waals surface area contributed by atoms with E-state index in [1.165, 1.54) is 5.56 Å². The third-order valence-corrected chi connectivity index (χ3v) is 10.7. The molecule has 0 radical (unpaired) electrons. The van der Waals surface area contributed by atoms with Gasteiger partial charge in [0, 0.05) is 37.0 Å². The van der Waals surface area contributed by atoms with E-state index in [1.807, 2.05) is 103 Å². The van der Waals surface area contributed by atoms with Crippen molar-refractivity contribution in [2.75, 3.05) is 44.7 Å². The average molecular weight is 685 g/mol. The first kappa shape index (κ1) is 34.0. The fourth-order valence-corrected chi connectivity index (χ4v) is 7.73. The highest BCUT2D eigenvalue weighted by Gasteiger charge is 2.46. The zero-order valence-corrected chi connectivity index (χ0v) is 29.4. The fourth-order valence-electron chi connectivity index (χ4n) is 7.42. The molecule has 0 N–H and O–H groups in total. The van der Waals surface area contributed by atoms with Crippen LogP contribution in [0.25, 0.3) is 0 Å². The van der Waals surface area contributed by atoms with Crippen LogP contribution in [0.5, 0.6) is 0 Å². The molecule has 1 spiro atoms. The van der Waals surface area contributed by atoms with Gasteiger partial charge in [-0.15, -0.1) is 0 Å². The van der Waals surface area contributed by atoms with Gasteiger partial charge in [-0.3, -0.25) is 9.69 Å². The largest absolute Gasteiger partial charge is 0.444 e. The van der Waals surface area contributed by atoms with E-state index in [-0.39, 0.29) is 29.9 Å². The number of halogens is 2. The van der Waals surface area contributed by atoms with Crippen LogP contribution in [0.2, 0.25) is 10.0 Å². The lowest BCUT2D eigenvalue weighted by Crippen LogP contribution is -2.46. The number of likely N-dealkylation sites (tertiary alicyclic amines) is 1. The maximum Gasteiger partial charge on any atom is 0.414 e. The SMILES string of the molecule is Cc1cc(C)cc(C(=O)N(C)CC(CCN2CCC3(CC2)CN(C(=O)OCc2ccccc2)c2ccccc23)c2ccc(Cl)c(Cl)c2)c1. The number of likely N-dealkylation sites (N-methyl/N-ethyl adjacent to an activating group) is 1. The van der Waals surface area contributed by atoms with Crippen LogP contribution in [0.15, 0.2) is 91.0 Å². The summed E-state index contributed by atoms with van der Waals surface area (Å²) in [6, 6.07) is 29.9. The molecule has 0 aromatic heterocycles. The maximum absolute atomic E-state index is 13.5. The summed E-state index contributed by atoms with van der Waals surface area (Å²) in [6.45, 7) is 8.22. The van der Waals surface area contributed by atoms with Gasteiger partial charge in [0.2, 0.25) is 0 Å². The Labute approximate surface area is 294 Å². The summed E-state index contributed by atoms with van der Waals surface area (Å²) in [5.74, 6) is 0.0936. The molecule has 6 rings (SSSR count). The van der Waals surface area contributed by atoms with Gasteiger partial charge in [0.1, 0.15) is 6.61 Å². The van der Waals surface area contributed by atoms with E-state index in [0.29, 0.717) is 28.7 Å². The summed E-state index contributed by atoms with van der Waals surface area (Å²) < 4.78 is 5.77. The third kappa shape index (κ3) is 7.57. The number of benzene rings is 4. The molecule has 1 saturated heterocycles. The lowest BCUT2D eigenvalue weighted by atomic mass is 9.74. The van der Waals surface area contributed by atoms with E-state index < -0.39 is 0 Å². The molecule has 48 heavy (non-hydrogen) atoms. The molecule has 0 aliphatic carbocycles. The lowest BCUT2D eigenvalue weighted by Gasteiger charge is -2.40. The first-order chi connectivity index (χ1) is 23.1. The van der Waals surface area contributed by atoms with E-state index >= 15 is 0 Å². The van der Waals surface area contributed by atoms with Crippen LogP contribution in [0.1, 0.15) is 63.4 Å². The molecule has 2 aliphatic heterocycles. The second-order valence-electron chi connectivity index (χ2n) is 13.5. The number of carbonyl (C=O) groups is 2. The van der Waals surface area contributed by atoms with Crippen molar-refractivity contribution in [1.82, 2.24) is 9.80 Å². The Hall–Kier alpha value is -3.84. The summed E-state index contributed by atoms with van der Waals surface area (Å²) in [6.07, 6.45) is 2.48. The number of carbonyl (C=O) groups excluding carboxylic acids is 2. The Morgan fingerprint density at radius 2 is 1.56 bits per heavy atom. The highest BCUT2D eigenvalue weighted by atomic mass is 35.5. The topological polar surface area (TPSA) is 53.1 Å². The number of rotatable bonds is 9. The van der Waals surface area contributed by atoms with Crippen LogP contribution >= 0.6 is 23.2 Å². The first-order valence-electron chi connectivity index (χ1n) is 16.7. The summed E-state index contributed by atoms with van der Waals surface area (Å²) in [5.41, 5.74) is 7.01. The number of amides is 2. The number of aryl methyl sites for hydroxylation is 2. The second-order valence-corrected chi connectivity index (χ2v) is 14.3. The van der Waals surface area contributed by atoms with Crippen LogP contribution in [-0.4, -0.2) is 61.6 Å². The number of nitrogens with zero attached hydrogens (tertiary/aromatic N) is 3. The van der Waals surface area contributed by atoms with E-state index in [9.17, 15) is 9.59 Å². The molecule has 0 bridgehead atoms. The molecule has 6 nitrogen and oxygen atoms in total. The van der Waals surface area contributed by atoms with Gasteiger partial charge in [0.15, 0.2) is 0 Å². The van der Waals surface area contributed by atoms with Crippen molar-refractivity contribution >= 4 is 40.9 Å². The number of fused-ring (bicyclic) bond motifs is 2. The number of anilines is 1. The standard InChI is InChI=1S/C40H43Cl2N3O3/c1-28-21-29(2)23-33(22-28)38(46)43(3)25-32(31-13-14-35(41)36(42)24-31)15-18-44-19-16-40(17-20-44)27-45(37-12-8-7-11-34(37)40)39(47)48-26-30-9-5-4-6-10-30/h4-14,21-24,32H,15-20,25-27H2,1-3H3. The van der Waals surface area contributed by atoms with Crippen LogP contribution in [-0.2, 0) is 16.8 Å². The maximum atomic E-state index is 13.5. The average Bonchev–Trinajstić information content (AvgIpc) is 3.41. The Morgan fingerprint density at radius 1 is 0.875 bits per heavy atom. The number of hydrogen-bond donors (Lipinski definition) is 0. The van der Waals surface area contributed by atoms with Crippen LogP contribution in [0.4, 0.5) is 10.5 Å². The van der Waals surface area contributed by atoms with Gasteiger partial charge in [-0.1, -0.05) is 95.0 Å². The molecule has 4 aromatic carbocycles. The van der Waals surface area contributed by atoms with Crippen molar-refractivity contribution < 1.29 is 14.3 Å². The van der Waals surface area contributed by atoms with Crippen molar-refractivity contribution in [3.05, 3.63) is 134 Å². The van der Waals surface area contributed by atoms with Gasteiger partial charge in [0.05, 0.1) is 15.7 Å². The quantitative estimate of drug-likeness (QED) is 0.177. The van der Waals surface area contributed by atoms with Gasteiger partial charge in [-0.05, 0) is 99.8 Å². The van der Waals surface area contributed by atoms with Crippen molar-refractivity contribution in [3.8, 4) is 0 Å². The minimum absolute atomic E-state index is 0.0125.